The topological polar surface area (TPSA) is 47.6 Å². The maximum atomic E-state index is 13.4. The fraction of sp³-hybridized carbons (Fsp3) is 0.235. The number of nitrogens with one attached hydrogen (secondary N) is 1. The van der Waals surface area contributed by atoms with E-state index in [9.17, 15) is 13.6 Å². The Bertz CT molecular complexity index is 684. The van der Waals surface area contributed by atoms with Crippen molar-refractivity contribution in [3.05, 3.63) is 48.0 Å². The quantitative estimate of drug-likeness (QED) is 0.889. The maximum Gasteiger partial charge on any atom is 0.257 e. The van der Waals surface area contributed by atoms with Crippen LogP contribution in [0.4, 0.5) is 8.78 Å². The molecule has 0 bridgehead atoms. The number of benzene rings is 2. The first-order chi connectivity index (χ1) is 11.0. The van der Waals surface area contributed by atoms with Crippen molar-refractivity contribution in [1.29, 1.82) is 0 Å². The summed E-state index contributed by atoms with van der Waals surface area (Å²) in [5.41, 5.74) is 0.873. The Morgan fingerprint density at radius 3 is 2.22 bits per heavy atom. The van der Waals surface area contributed by atoms with E-state index in [4.69, 9.17) is 9.47 Å². The molecule has 2 aromatic carbocycles. The lowest BCUT2D eigenvalue weighted by Gasteiger charge is -2.11. The Balaban J connectivity index is 2.29. The van der Waals surface area contributed by atoms with Gasteiger partial charge in [-0.25, -0.2) is 8.78 Å². The van der Waals surface area contributed by atoms with E-state index in [0.29, 0.717) is 29.2 Å². The molecule has 0 unspecified atom stereocenters. The van der Waals surface area contributed by atoms with E-state index in [2.05, 4.69) is 5.32 Å². The molecule has 122 valence electrons. The number of rotatable bonds is 6. The number of carbonyl (C=O) groups is 1. The molecule has 4 nitrogen and oxygen atoms in total. The first kappa shape index (κ1) is 16.7. The van der Waals surface area contributed by atoms with Gasteiger partial charge in [-0.2, -0.15) is 0 Å². The van der Waals surface area contributed by atoms with Gasteiger partial charge in [0, 0.05) is 18.7 Å². The van der Waals surface area contributed by atoms with Crippen molar-refractivity contribution in [2.75, 3.05) is 20.3 Å². The highest BCUT2D eigenvalue weighted by atomic mass is 19.1. The molecule has 0 radical (unpaired) electrons. The van der Waals surface area contributed by atoms with Gasteiger partial charge >= 0.3 is 0 Å². The van der Waals surface area contributed by atoms with Crippen molar-refractivity contribution < 1.29 is 23.0 Å². The summed E-state index contributed by atoms with van der Waals surface area (Å²) in [5, 5.41) is 2.61. The lowest BCUT2D eigenvalue weighted by molar-refractivity contribution is -0.122. The predicted octanol–water partition coefficient (Wildman–Crippen LogP) is 3.16. The SMILES string of the molecule is CCNC(=O)COc1cc(OC)cc(-c2cc(F)cc(F)c2)c1. The van der Waals surface area contributed by atoms with Gasteiger partial charge in [-0.05, 0) is 42.3 Å². The van der Waals surface area contributed by atoms with Crippen LogP contribution in [-0.2, 0) is 4.79 Å². The third kappa shape index (κ3) is 4.67. The molecule has 0 fully saturated rings. The van der Waals surface area contributed by atoms with Crippen molar-refractivity contribution >= 4 is 5.91 Å². The van der Waals surface area contributed by atoms with Crippen LogP contribution in [0.5, 0.6) is 11.5 Å². The Kier molecular flexibility index (Phi) is 5.51. The molecule has 0 aromatic heterocycles. The number of ether oxygens (including phenoxy) is 2. The average Bonchev–Trinajstić information content (AvgIpc) is 2.52. The lowest BCUT2D eigenvalue weighted by atomic mass is 10.0. The largest absolute Gasteiger partial charge is 0.497 e. The molecule has 2 aromatic rings. The van der Waals surface area contributed by atoms with Crippen LogP contribution in [0.2, 0.25) is 0 Å². The minimum Gasteiger partial charge on any atom is -0.497 e. The zero-order chi connectivity index (χ0) is 16.8. The summed E-state index contributed by atoms with van der Waals surface area (Å²) in [6.07, 6.45) is 0. The fourth-order valence-electron chi connectivity index (χ4n) is 2.06. The molecular weight excluding hydrogens is 304 g/mol. The van der Waals surface area contributed by atoms with Crippen molar-refractivity contribution in [1.82, 2.24) is 5.32 Å². The summed E-state index contributed by atoms with van der Waals surface area (Å²) >= 11 is 0. The first-order valence-electron chi connectivity index (χ1n) is 7.07. The van der Waals surface area contributed by atoms with Gasteiger partial charge in [0.05, 0.1) is 7.11 Å². The Hall–Kier alpha value is -2.63. The van der Waals surface area contributed by atoms with Crippen LogP contribution in [0.1, 0.15) is 6.92 Å². The minimum absolute atomic E-state index is 0.155. The van der Waals surface area contributed by atoms with Gasteiger partial charge in [-0.1, -0.05) is 0 Å². The Labute approximate surface area is 133 Å². The zero-order valence-electron chi connectivity index (χ0n) is 12.9. The van der Waals surface area contributed by atoms with E-state index in [1.54, 1.807) is 25.1 Å². The summed E-state index contributed by atoms with van der Waals surface area (Å²) < 4.78 is 37.3. The molecule has 0 aliphatic carbocycles. The molecule has 6 heteroatoms. The van der Waals surface area contributed by atoms with Gasteiger partial charge in [-0.15, -0.1) is 0 Å². The standard InChI is InChI=1S/C17H17F2NO3/c1-3-20-17(21)10-23-16-7-12(6-15(9-16)22-2)11-4-13(18)8-14(19)5-11/h4-9H,3,10H2,1-2H3,(H,20,21). The van der Waals surface area contributed by atoms with E-state index in [1.807, 2.05) is 0 Å². The van der Waals surface area contributed by atoms with Gasteiger partial charge in [0.1, 0.15) is 23.1 Å². The number of halogens is 2. The van der Waals surface area contributed by atoms with E-state index in [0.717, 1.165) is 6.07 Å². The zero-order valence-corrected chi connectivity index (χ0v) is 12.9. The summed E-state index contributed by atoms with van der Waals surface area (Å²) in [6, 6.07) is 8.05. The van der Waals surface area contributed by atoms with Crippen molar-refractivity contribution in [3.63, 3.8) is 0 Å². The Morgan fingerprint density at radius 1 is 1.00 bits per heavy atom. The summed E-state index contributed by atoms with van der Waals surface area (Å²) in [5.74, 6) is -0.776. The second kappa shape index (κ2) is 7.58. The van der Waals surface area contributed by atoms with Crippen LogP contribution in [0.3, 0.4) is 0 Å². The minimum atomic E-state index is -0.674. The summed E-state index contributed by atoms with van der Waals surface area (Å²) in [4.78, 5) is 11.4. The normalized spacial score (nSPS) is 10.3. The third-order valence-corrected chi connectivity index (χ3v) is 3.06. The van der Waals surface area contributed by atoms with Crippen LogP contribution in [-0.4, -0.2) is 26.2 Å². The van der Waals surface area contributed by atoms with Crippen molar-refractivity contribution in [2.45, 2.75) is 6.92 Å². The van der Waals surface area contributed by atoms with Crippen molar-refractivity contribution in [3.8, 4) is 22.6 Å². The molecule has 0 spiro atoms. The second-order valence-electron chi connectivity index (χ2n) is 4.80. The summed E-state index contributed by atoms with van der Waals surface area (Å²) in [6.45, 7) is 2.16. The van der Waals surface area contributed by atoms with Gasteiger partial charge in [0.15, 0.2) is 6.61 Å². The maximum absolute atomic E-state index is 13.4. The molecular formula is C17H17F2NO3. The van der Waals surface area contributed by atoms with E-state index < -0.39 is 11.6 Å². The number of amides is 1. The number of likely N-dealkylation sites (N-methyl/N-ethyl adjacent to an activating group) is 1. The van der Waals surface area contributed by atoms with Crippen LogP contribution >= 0.6 is 0 Å². The van der Waals surface area contributed by atoms with E-state index in [1.165, 1.54) is 19.2 Å². The van der Waals surface area contributed by atoms with Crippen LogP contribution in [0.25, 0.3) is 11.1 Å². The van der Waals surface area contributed by atoms with Gasteiger partial charge in [0.25, 0.3) is 5.91 Å². The monoisotopic (exact) mass is 321 g/mol. The highest BCUT2D eigenvalue weighted by Crippen LogP contribution is 2.30. The van der Waals surface area contributed by atoms with Gasteiger partial charge < -0.3 is 14.8 Å². The molecule has 1 N–H and O–H groups in total. The number of hydrogen-bond donors (Lipinski definition) is 1. The fourth-order valence-corrected chi connectivity index (χ4v) is 2.06. The summed E-state index contributed by atoms with van der Waals surface area (Å²) in [7, 11) is 1.47. The molecule has 2 rings (SSSR count). The molecule has 0 atom stereocenters. The number of carbonyl (C=O) groups excluding carboxylic acids is 1. The first-order valence-corrected chi connectivity index (χ1v) is 7.07. The van der Waals surface area contributed by atoms with E-state index >= 15 is 0 Å². The second-order valence-corrected chi connectivity index (χ2v) is 4.80. The highest BCUT2D eigenvalue weighted by Gasteiger charge is 2.09. The highest BCUT2D eigenvalue weighted by molar-refractivity contribution is 5.77. The molecule has 0 aliphatic rings. The molecule has 23 heavy (non-hydrogen) atoms. The number of methoxy groups -OCH3 is 1. The average molecular weight is 321 g/mol. The van der Waals surface area contributed by atoms with Gasteiger partial charge in [-0.3, -0.25) is 4.79 Å². The number of hydrogen-bond acceptors (Lipinski definition) is 3. The molecule has 1 amide bonds. The van der Waals surface area contributed by atoms with Crippen LogP contribution in [0, 0.1) is 11.6 Å². The predicted molar refractivity (Wildman–Crippen MR) is 82.5 cm³/mol. The molecule has 0 saturated carbocycles. The van der Waals surface area contributed by atoms with Crippen molar-refractivity contribution in [2.24, 2.45) is 0 Å². The molecule has 0 heterocycles. The van der Waals surface area contributed by atoms with Crippen LogP contribution < -0.4 is 14.8 Å². The third-order valence-electron chi connectivity index (χ3n) is 3.06. The van der Waals surface area contributed by atoms with Crippen LogP contribution in [0.15, 0.2) is 36.4 Å². The molecule has 0 saturated heterocycles. The smallest absolute Gasteiger partial charge is 0.257 e. The van der Waals surface area contributed by atoms with Gasteiger partial charge in [0.2, 0.25) is 0 Å². The molecule has 0 aliphatic heterocycles. The Morgan fingerprint density at radius 2 is 1.61 bits per heavy atom. The lowest BCUT2D eigenvalue weighted by Crippen LogP contribution is -2.28. The van der Waals surface area contributed by atoms with E-state index in [-0.39, 0.29) is 12.5 Å².